The van der Waals surface area contributed by atoms with Crippen molar-refractivity contribution in [2.75, 3.05) is 18.5 Å². The molecule has 0 radical (unpaired) electrons. The molecule has 3 rings (SSSR count). The number of anilines is 1. The fraction of sp³-hybridized carbons (Fsp3) is 0.250. The van der Waals surface area contributed by atoms with Crippen LogP contribution in [0, 0.1) is 0 Å². The molecular formula is C16H19IN4O4. The number of benzene rings is 1. The molecular weight excluding hydrogens is 439 g/mol. The number of carbonyl (C=O) groups excluding carboxylic acids is 1. The minimum Gasteiger partial charge on any atom is -0.490 e. The highest BCUT2D eigenvalue weighted by molar-refractivity contribution is 14.0. The van der Waals surface area contributed by atoms with Gasteiger partial charge < -0.3 is 30.7 Å². The molecule has 1 aliphatic heterocycles. The van der Waals surface area contributed by atoms with Crippen molar-refractivity contribution in [3.8, 4) is 11.5 Å². The van der Waals surface area contributed by atoms with Gasteiger partial charge in [0.2, 0.25) is 0 Å². The number of guanidine groups is 1. The summed E-state index contributed by atoms with van der Waals surface area (Å²) < 4.78 is 16.4. The topological polar surface area (TPSA) is 125 Å². The van der Waals surface area contributed by atoms with Crippen LogP contribution in [0.5, 0.6) is 11.5 Å². The normalized spacial score (nSPS) is 13.5. The third kappa shape index (κ3) is 5.02. The molecule has 5 N–H and O–H groups in total. The highest BCUT2D eigenvalue weighted by Crippen LogP contribution is 2.32. The number of hydrogen-bond donors (Lipinski definition) is 3. The number of primary amides is 1. The molecule has 0 unspecified atom stereocenters. The molecule has 1 amide bonds. The minimum atomic E-state index is -0.622. The SMILES string of the molecule is I.NC(=O)c1ccc(CN=C(N)Nc2ccc3c(c2)OCCCO3)o1. The lowest BCUT2D eigenvalue weighted by Crippen LogP contribution is -2.22. The van der Waals surface area contributed by atoms with E-state index < -0.39 is 5.91 Å². The van der Waals surface area contributed by atoms with E-state index in [1.807, 2.05) is 12.1 Å². The molecule has 9 heteroatoms. The first kappa shape index (κ1) is 18.9. The Labute approximate surface area is 161 Å². The quantitative estimate of drug-likeness (QED) is 0.366. The zero-order valence-electron chi connectivity index (χ0n) is 13.4. The molecule has 0 saturated carbocycles. The molecule has 25 heavy (non-hydrogen) atoms. The zero-order chi connectivity index (χ0) is 16.9. The van der Waals surface area contributed by atoms with Crippen molar-refractivity contribution in [1.29, 1.82) is 0 Å². The zero-order valence-corrected chi connectivity index (χ0v) is 15.7. The number of nitrogens with zero attached hydrogens (tertiary/aromatic N) is 1. The molecule has 1 aliphatic rings. The largest absolute Gasteiger partial charge is 0.490 e. The molecule has 0 fully saturated rings. The van der Waals surface area contributed by atoms with E-state index >= 15 is 0 Å². The van der Waals surface area contributed by atoms with Crippen LogP contribution in [0.3, 0.4) is 0 Å². The number of nitrogens with one attached hydrogen (secondary N) is 1. The summed E-state index contributed by atoms with van der Waals surface area (Å²) in [4.78, 5) is 15.1. The molecule has 2 aromatic rings. The molecule has 134 valence electrons. The Morgan fingerprint density at radius 1 is 1.12 bits per heavy atom. The third-order valence-corrected chi connectivity index (χ3v) is 3.33. The van der Waals surface area contributed by atoms with Crippen LogP contribution in [0.1, 0.15) is 22.7 Å². The monoisotopic (exact) mass is 458 g/mol. The van der Waals surface area contributed by atoms with Gasteiger partial charge in [-0.25, -0.2) is 4.99 Å². The van der Waals surface area contributed by atoms with Crippen LogP contribution < -0.4 is 26.3 Å². The molecule has 1 aromatic heterocycles. The van der Waals surface area contributed by atoms with Gasteiger partial charge in [-0.1, -0.05) is 0 Å². The van der Waals surface area contributed by atoms with Crippen LogP contribution in [0.15, 0.2) is 39.7 Å². The van der Waals surface area contributed by atoms with Crippen molar-refractivity contribution in [2.45, 2.75) is 13.0 Å². The second-order valence-electron chi connectivity index (χ2n) is 5.17. The Kier molecular flexibility index (Phi) is 6.51. The molecule has 1 aromatic carbocycles. The standard InChI is InChI=1S/C16H18N4O4.HI/c17-15(21)13-5-3-11(24-13)9-19-16(18)20-10-2-4-12-14(8-10)23-7-1-6-22-12;/h2-5,8H,1,6-7,9H2,(H2,17,21)(H3,18,19,20);1H. The van der Waals surface area contributed by atoms with E-state index in [4.69, 9.17) is 25.4 Å². The van der Waals surface area contributed by atoms with E-state index in [0.29, 0.717) is 30.5 Å². The van der Waals surface area contributed by atoms with Crippen molar-refractivity contribution >= 4 is 41.5 Å². The fourth-order valence-electron chi connectivity index (χ4n) is 2.19. The number of fused-ring (bicyclic) bond motifs is 1. The van der Waals surface area contributed by atoms with Gasteiger partial charge in [-0.15, -0.1) is 24.0 Å². The highest BCUT2D eigenvalue weighted by atomic mass is 127. The maximum absolute atomic E-state index is 11.0. The Morgan fingerprint density at radius 2 is 1.88 bits per heavy atom. The molecule has 0 atom stereocenters. The van der Waals surface area contributed by atoms with Crippen LogP contribution >= 0.6 is 24.0 Å². The smallest absolute Gasteiger partial charge is 0.284 e. The second-order valence-corrected chi connectivity index (χ2v) is 5.17. The van der Waals surface area contributed by atoms with Crippen LogP contribution in [-0.2, 0) is 6.54 Å². The maximum Gasteiger partial charge on any atom is 0.284 e. The first-order valence-corrected chi connectivity index (χ1v) is 7.47. The van der Waals surface area contributed by atoms with Crippen molar-refractivity contribution < 1.29 is 18.7 Å². The number of carbonyl (C=O) groups is 1. The number of furan rings is 1. The van der Waals surface area contributed by atoms with Crippen molar-refractivity contribution in [3.05, 3.63) is 41.9 Å². The Hall–Kier alpha value is -2.43. The summed E-state index contributed by atoms with van der Waals surface area (Å²) in [6.07, 6.45) is 0.845. The first-order valence-electron chi connectivity index (χ1n) is 7.47. The summed E-state index contributed by atoms with van der Waals surface area (Å²) in [5, 5.41) is 2.97. The van der Waals surface area contributed by atoms with Crippen molar-refractivity contribution in [3.63, 3.8) is 0 Å². The van der Waals surface area contributed by atoms with Crippen LogP contribution in [0.25, 0.3) is 0 Å². The van der Waals surface area contributed by atoms with E-state index in [0.717, 1.165) is 12.1 Å². The lowest BCUT2D eigenvalue weighted by molar-refractivity contribution is 0.0972. The summed E-state index contributed by atoms with van der Waals surface area (Å²) in [7, 11) is 0. The lowest BCUT2D eigenvalue weighted by atomic mass is 10.3. The van der Waals surface area contributed by atoms with Gasteiger partial charge in [0.15, 0.2) is 23.2 Å². The average Bonchev–Trinajstić information content (AvgIpc) is 2.92. The van der Waals surface area contributed by atoms with Gasteiger partial charge in [0.1, 0.15) is 12.3 Å². The van der Waals surface area contributed by atoms with Crippen LogP contribution in [0.2, 0.25) is 0 Å². The summed E-state index contributed by atoms with van der Waals surface area (Å²) in [6.45, 7) is 1.44. The van der Waals surface area contributed by atoms with Gasteiger partial charge in [0.05, 0.1) is 13.2 Å². The maximum atomic E-state index is 11.0. The molecule has 0 bridgehead atoms. The fourth-order valence-corrected chi connectivity index (χ4v) is 2.19. The summed E-state index contributed by atoms with van der Waals surface area (Å²) in [6, 6.07) is 8.59. The number of amides is 1. The summed E-state index contributed by atoms with van der Waals surface area (Å²) in [5.74, 6) is 1.55. The number of rotatable bonds is 4. The second kappa shape index (κ2) is 8.60. The van der Waals surface area contributed by atoms with E-state index in [9.17, 15) is 4.79 Å². The number of hydrogen-bond acceptors (Lipinski definition) is 5. The first-order chi connectivity index (χ1) is 11.6. The summed E-state index contributed by atoms with van der Waals surface area (Å²) in [5.41, 5.74) is 11.7. The van der Waals surface area contributed by atoms with Crippen LogP contribution in [-0.4, -0.2) is 25.1 Å². The van der Waals surface area contributed by atoms with E-state index in [2.05, 4.69) is 10.3 Å². The van der Waals surface area contributed by atoms with Gasteiger partial charge >= 0.3 is 0 Å². The summed E-state index contributed by atoms with van der Waals surface area (Å²) >= 11 is 0. The van der Waals surface area contributed by atoms with Gasteiger partial charge in [-0.2, -0.15) is 0 Å². The molecule has 8 nitrogen and oxygen atoms in total. The van der Waals surface area contributed by atoms with Gasteiger partial charge in [-0.05, 0) is 24.3 Å². The molecule has 0 aliphatic carbocycles. The minimum absolute atomic E-state index is 0. The highest BCUT2D eigenvalue weighted by Gasteiger charge is 2.11. The van der Waals surface area contributed by atoms with E-state index in [1.165, 1.54) is 6.07 Å². The van der Waals surface area contributed by atoms with Crippen molar-refractivity contribution in [2.24, 2.45) is 16.5 Å². The van der Waals surface area contributed by atoms with Gasteiger partial charge in [-0.3, -0.25) is 4.79 Å². The third-order valence-electron chi connectivity index (χ3n) is 3.33. The molecule has 0 spiro atoms. The molecule has 2 heterocycles. The van der Waals surface area contributed by atoms with Crippen LogP contribution in [0.4, 0.5) is 5.69 Å². The average molecular weight is 458 g/mol. The molecule has 0 saturated heterocycles. The van der Waals surface area contributed by atoms with Crippen molar-refractivity contribution in [1.82, 2.24) is 0 Å². The number of halogens is 1. The Balaban J connectivity index is 0.00000225. The predicted octanol–water partition coefficient (Wildman–Crippen LogP) is 2.08. The number of ether oxygens (including phenoxy) is 2. The van der Waals surface area contributed by atoms with E-state index in [-0.39, 0.29) is 42.2 Å². The predicted molar refractivity (Wildman–Crippen MR) is 104 cm³/mol. The number of nitrogens with two attached hydrogens (primary N) is 2. The van der Waals surface area contributed by atoms with Gasteiger partial charge in [0, 0.05) is 18.2 Å². The Morgan fingerprint density at radius 3 is 2.60 bits per heavy atom. The van der Waals surface area contributed by atoms with E-state index in [1.54, 1.807) is 12.1 Å². The number of aliphatic imine (C=N–C) groups is 1. The Bertz CT molecular complexity index is 775. The lowest BCUT2D eigenvalue weighted by Gasteiger charge is -2.10. The van der Waals surface area contributed by atoms with Gasteiger partial charge in [0.25, 0.3) is 5.91 Å².